The minimum absolute atomic E-state index is 0.0415. The van der Waals surface area contributed by atoms with Crippen molar-refractivity contribution in [3.8, 4) is 0 Å². The summed E-state index contributed by atoms with van der Waals surface area (Å²) in [6.45, 7) is 2.80. The molecule has 0 saturated heterocycles. The summed E-state index contributed by atoms with van der Waals surface area (Å²) in [7, 11) is 0. The third kappa shape index (κ3) is 2.12. The zero-order valence-corrected chi connectivity index (χ0v) is 12.1. The van der Waals surface area contributed by atoms with Gasteiger partial charge in [0.25, 0.3) is 0 Å². The van der Waals surface area contributed by atoms with Crippen LogP contribution in [-0.4, -0.2) is 21.5 Å². The first-order valence-corrected chi connectivity index (χ1v) is 7.30. The van der Waals surface area contributed by atoms with Crippen LogP contribution in [0.4, 0.5) is 10.2 Å². The van der Waals surface area contributed by atoms with E-state index >= 15 is 0 Å². The van der Waals surface area contributed by atoms with E-state index < -0.39 is 0 Å². The van der Waals surface area contributed by atoms with Crippen molar-refractivity contribution in [2.75, 3.05) is 11.9 Å². The molecule has 0 radical (unpaired) electrons. The van der Waals surface area contributed by atoms with E-state index in [1.54, 1.807) is 6.07 Å². The van der Waals surface area contributed by atoms with E-state index in [0.29, 0.717) is 0 Å². The molecule has 1 aliphatic heterocycles. The van der Waals surface area contributed by atoms with Gasteiger partial charge in [-0.05, 0) is 36.2 Å². The van der Waals surface area contributed by atoms with Crippen LogP contribution in [0, 0.1) is 5.82 Å². The lowest BCUT2D eigenvalue weighted by atomic mass is 9.91. The summed E-state index contributed by atoms with van der Waals surface area (Å²) in [4.78, 5) is 11.6. The maximum absolute atomic E-state index is 13.5. The highest BCUT2D eigenvalue weighted by atomic mass is 19.1. The van der Waals surface area contributed by atoms with Gasteiger partial charge in [-0.15, -0.1) is 0 Å². The highest BCUT2D eigenvalue weighted by Gasteiger charge is 2.25. The van der Waals surface area contributed by atoms with Gasteiger partial charge in [-0.1, -0.05) is 6.07 Å². The summed E-state index contributed by atoms with van der Waals surface area (Å²) in [6.07, 6.45) is 3.38. The molecule has 6 heteroatoms. The molecule has 1 aromatic carbocycles. The van der Waals surface area contributed by atoms with Crippen molar-refractivity contribution >= 4 is 16.9 Å². The molecular formula is C16H16FN5. The van der Waals surface area contributed by atoms with E-state index in [4.69, 9.17) is 0 Å². The van der Waals surface area contributed by atoms with E-state index in [1.165, 1.54) is 12.4 Å². The second-order valence-electron chi connectivity index (χ2n) is 5.56. The Morgan fingerprint density at radius 2 is 2.14 bits per heavy atom. The molecule has 0 bridgehead atoms. The van der Waals surface area contributed by atoms with Crippen LogP contribution in [0.25, 0.3) is 11.0 Å². The third-order valence-electron chi connectivity index (χ3n) is 4.18. The van der Waals surface area contributed by atoms with Crippen LogP contribution in [0.2, 0.25) is 0 Å². The lowest BCUT2D eigenvalue weighted by Gasteiger charge is -2.31. The standard InChI is InChI=1S/C16H16FN5/c1-9-13-6-10(17)2-3-11(13)14(7-19-9)22-16-12-4-5-18-15(12)20-8-21-16/h2-6,8-9,14,19H,7H2,1H3,(H2,18,20,21,22)/t9-,14+/m0/s1. The fourth-order valence-electron chi connectivity index (χ4n) is 3.03. The topological polar surface area (TPSA) is 65.6 Å². The first kappa shape index (κ1) is 13.2. The fourth-order valence-corrected chi connectivity index (χ4v) is 3.03. The Labute approximate surface area is 127 Å². The average Bonchev–Trinajstić information content (AvgIpc) is 3.00. The zero-order chi connectivity index (χ0) is 15.1. The first-order valence-electron chi connectivity index (χ1n) is 7.30. The van der Waals surface area contributed by atoms with Gasteiger partial charge in [0.2, 0.25) is 0 Å². The number of aromatic amines is 1. The van der Waals surface area contributed by atoms with Crippen molar-refractivity contribution in [3.05, 3.63) is 53.7 Å². The molecule has 0 unspecified atom stereocenters. The smallest absolute Gasteiger partial charge is 0.142 e. The maximum Gasteiger partial charge on any atom is 0.142 e. The summed E-state index contributed by atoms with van der Waals surface area (Å²) in [5.74, 6) is 0.575. The number of aromatic nitrogens is 3. The molecule has 2 aromatic heterocycles. The van der Waals surface area contributed by atoms with Gasteiger partial charge in [0.1, 0.15) is 23.6 Å². The Morgan fingerprint density at radius 3 is 3.05 bits per heavy atom. The molecule has 0 saturated carbocycles. The van der Waals surface area contributed by atoms with Crippen LogP contribution in [0.5, 0.6) is 0 Å². The van der Waals surface area contributed by atoms with Gasteiger partial charge in [-0.25, -0.2) is 14.4 Å². The lowest BCUT2D eigenvalue weighted by molar-refractivity contribution is 0.494. The van der Waals surface area contributed by atoms with Crippen LogP contribution in [0.15, 0.2) is 36.8 Å². The van der Waals surface area contributed by atoms with Crippen molar-refractivity contribution in [2.24, 2.45) is 0 Å². The molecular weight excluding hydrogens is 281 g/mol. The first-order chi connectivity index (χ1) is 10.7. The number of hydrogen-bond acceptors (Lipinski definition) is 4. The van der Waals surface area contributed by atoms with Gasteiger partial charge >= 0.3 is 0 Å². The monoisotopic (exact) mass is 297 g/mol. The number of H-pyrrole nitrogens is 1. The highest BCUT2D eigenvalue weighted by molar-refractivity contribution is 5.86. The number of fused-ring (bicyclic) bond motifs is 2. The normalized spacial score (nSPS) is 20.8. The second-order valence-corrected chi connectivity index (χ2v) is 5.56. The number of nitrogens with one attached hydrogen (secondary N) is 3. The van der Waals surface area contributed by atoms with E-state index in [1.807, 2.05) is 25.3 Å². The highest BCUT2D eigenvalue weighted by Crippen LogP contribution is 2.32. The largest absolute Gasteiger partial charge is 0.361 e. The summed E-state index contributed by atoms with van der Waals surface area (Å²) in [6, 6.07) is 7.10. The third-order valence-corrected chi connectivity index (χ3v) is 4.18. The van der Waals surface area contributed by atoms with Crippen molar-refractivity contribution in [1.29, 1.82) is 0 Å². The molecule has 3 heterocycles. The van der Waals surface area contributed by atoms with Crippen molar-refractivity contribution in [2.45, 2.75) is 19.0 Å². The molecule has 4 rings (SSSR count). The summed E-state index contributed by atoms with van der Waals surface area (Å²) in [5.41, 5.74) is 2.90. The number of hydrogen-bond donors (Lipinski definition) is 3. The Balaban J connectivity index is 1.73. The van der Waals surface area contributed by atoms with E-state index in [-0.39, 0.29) is 17.9 Å². The molecule has 0 fully saturated rings. The number of halogens is 1. The van der Waals surface area contributed by atoms with Crippen LogP contribution >= 0.6 is 0 Å². The zero-order valence-electron chi connectivity index (χ0n) is 12.1. The van der Waals surface area contributed by atoms with E-state index in [9.17, 15) is 4.39 Å². The quantitative estimate of drug-likeness (QED) is 0.680. The van der Waals surface area contributed by atoms with Crippen LogP contribution < -0.4 is 10.6 Å². The minimum Gasteiger partial charge on any atom is -0.361 e. The summed E-state index contributed by atoms with van der Waals surface area (Å²) in [5, 5.41) is 7.80. The predicted molar refractivity (Wildman–Crippen MR) is 83.1 cm³/mol. The Kier molecular flexibility index (Phi) is 3.04. The van der Waals surface area contributed by atoms with E-state index in [2.05, 4.69) is 25.6 Å². The number of nitrogens with zero attached hydrogens (tertiary/aromatic N) is 2. The van der Waals surface area contributed by atoms with Gasteiger partial charge in [0.15, 0.2) is 0 Å². The molecule has 1 aliphatic rings. The van der Waals surface area contributed by atoms with Crippen molar-refractivity contribution in [3.63, 3.8) is 0 Å². The molecule has 2 atom stereocenters. The lowest BCUT2D eigenvalue weighted by Crippen LogP contribution is -2.35. The Morgan fingerprint density at radius 1 is 1.23 bits per heavy atom. The van der Waals surface area contributed by atoms with E-state index in [0.717, 1.165) is 34.5 Å². The van der Waals surface area contributed by atoms with Crippen LogP contribution in [0.1, 0.15) is 30.1 Å². The molecule has 0 spiro atoms. The number of benzene rings is 1. The maximum atomic E-state index is 13.5. The van der Waals surface area contributed by atoms with Gasteiger partial charge in [-0.3, -0.25) is 0 Å². The van der Waals surface area contributed by atoms with Gasteiger partial charge in [-0.2, -0.15) is 0 Å². The van der Waals surface area contributed by atoms with Crippen LogP contribution in [0.3, 0.4) is 0 Å². The molecule has 5 nitrogen and oxygen atoms in total. The second kappa shape index (κ2) is 5.06. The predicted octanol–water partition coefficient (Wildman–Crippen LogP) is 2.91. The summed E-state index contributed by atoms with van der Waals surface area (Å²) >= 11 is 0. The van der Waals surface area contributed by atoms with Crippen molar-refractivity contribution in [1.82, 2.24) is 20.3 Å². The number of anilines is 1. The average molecular weight is 297 g/mol. The summed E-state index contributed by atoms with van der Waals surface area (Å²) < 4.78 is 13.5. The van der Waals surface area contributed by atoms with Gasteiger partial charge in [0.05, 0.1) is 11.4 Å². The molecule has 112 valence electrons. The van der Waals surface area contributed by atoms with Crippen LogP contribution in [-0.2, 0) is 0 Å². The molecule has 0 aliphatic carbocycles. The van der Waals surface area contributed by atoms with Crippen molar-refractivity contribution < 1.29 is 4.39 Å². The van der Waals surface area contributed by atoms with Gasteiger partial charge < -0.3 is 15.6 Å². The Bertz CT molecular complexity index is 828. The molecule has 0 amide bonds. The minimum atomic E-state index is -0.205. The Hall–Kier alpha value is -2.47. The SMILES string of the molecule is C[C@@H]1NC[C@@H](Nc2ncnc3[nH]ccc23)c2ccc(F)cc21. The molecule has 3 N–H and O–H groups in total. The number of rotatable bonds is 2. The molecule has 3 aromatic rings. The fraction of sp³-hybridized carbons (Fsp3) is 0.250. The molecule has 22 heavy (non-hydrogen) atoms. The van der Waals surface area contributed by atoms with Gasteiger partial charge in [0, 0.05) is 18.8 Å².